The topological polar surface area (TPSA) is 87.7 Å². The molecule has 6 nitrogen and oxygen atoms in total. The molecule has 18 heavy (non-hydrogen) atoms. The van der Waals surface area contributed by atoms with E-state index in [0.29, 0.717) is 12.5 Å². The van der Waals surface area contributed by atoms with Gasteiger partial charge in [-0.3, -0.25) is 4.79 Å². The average Bonchev–Trinajstić information content (AvgIpc) is 2.69. The van der Waals surface area contributed by atoms with Gasteiger partial charge >= 0.3 is 12.0 Å². The van der Waals surface area contributed by atoms with Gasteiger partial charge in [-0.25, -0.2) is 4.79 Å². The Bertz CT molecular complexity index is 317. The van der Waals surface area contributed by atoms with Crippen LogP contribution in [0.4, 0.5) is 4.79 Å². The summed E-state index contributed by atoms with van der Waals surface area (Å²) in [5.74, 6) is -0.594. The molecular formula is C12H22N2O4. The summed E-state index contributed by atoms with van der Waals surface area (Å²) < 4.78 is 5.39. The molecule has 104 valence electrons. The van der Waals surface area contributed by atoms with Gasteiger partial charge in [-0.15, -0.1) is 0 Å². The highest BCUT2D eigenvalue weighted by Gasteiger charge is 2.28. The third-order valence-corrected chi connectivity index (χ3v) is 3.33. The highest BCUT2D eigenvalue weighted by molar-refractivity contribution is 5.77. The van der Waals surface area contributed by atoms with Gasteiger partial charge in [0, 0.05) is 25.6 Å². The van der Waals surface area contributed by atoms with Gasteiger partial charge < -0.3 is 20.5 Å². The van der Waals surface area contributed by atoms with E-state index < -0.39 is 11.4 Å². The number of aliphatic carboxylic acids is 1. The molecule has 0 aliphatic carbocycles. The van der Waals surface area contributed by atoms with Crippen LogP contribution in [0, 0.1) is 11.3 Å². The molecule has 1 saturated heterocycles. The summed E-state index contributed by atoms with van der Waals surface area (Å²) in [7, 11) is 0. The van der Waals surface area contributed by atoms with Gasteiger partial charge in [0.1, 0.15) is 0 Å². The molecule has 6 heteroatoms. The van der Waals surface area contributed by atoms with Crippen molar-refractivity contribution in [2.75, 3.05) is 19.7 Å². The van der Waals surface area contributed by atoms with Gasteiger partial charge in [0.05, 0.1) is 11.5 Å². The molecule has 3 N–H and O–H groups in total. The maximum atomic E-state index is 11.5. The number of carboxylic acids is 1. The van der Waals surface area contributed by atoms with Crippen LogP contribution in [-0.2, 0) is 9.53 Å². The zero-order chi connectivity index (χ0) is 13.8. The summed E-state index contributed by atoms with van der Waals surface area (Å²) in [4.78, 5) is 22.4. The van der Waals surface area contributed by atoms with E-state index in [4.69, 9.17) is 9.84 Å². The zero-order valence-corrected chi connectivity index (χ0v) is 11.2. The van der Waals surface area contributed by atoms with E-state index in [1.807, 2.05) is 6.92 Å². The van der Waals surface area contributed by atoms with E-state index in [1.54, 1.807) is 13.8 Å². The lowest BCUT2D eigenvalue weighted by Crippen LogP contribution is -2.45. The smallest absolute Gasteiger partial charge is 0.314 e. The molecule has 1 rings (SSSR count). The van der Waals surface area contributed by atoms with Crippen molar-refractivity contribution in [1.29, 1.82) is 0 Å². The third-order valence-electron chi connectivity index (χ3n) is 3.33. The van der Waals surface area contributed by atoms with Crippen molar-refractivity contribution in [3.8, 4) is 0 Å². The molecule has 0 bridgehead atoms. The molecule has 0 aromatic heterocycles. The van der Waals surface area contributed by atoms with Gasteiger partial charge in [0.15, 0.2) is 0 Å². The Balaban J connectivity index is 2.24. The lowest BCUT2D eigenvalue weighted by Gasteiger charge is -2.20. The number of carbonyl (C=O) groups excluding carboxylic acids is 1. The summed E-state index contributed by atoms with van der Waals surface area (Å²) in [5, 5.41) is 14.2. The molecule has 1 heterocycles. The minimum Gasteiger partial charge on any atom is -0.481 e. The number of rotatable bonds is 5. The second kappa shape index (κ2) is 6.04. The van der Waals surface area contributed by atoms with Crippen LogP contribution in [-0.4, -0.2) is 42.9 Å². The lowest BCUT2D eigenvalue weighted by molar-refractivity contribution is -0.146. The van der Waals surface area contributed by atoms with Gasteiger partial charge in [-0.2, -0.15) is 0 Å². The standard InChI is InChI=1S/C12H22N2O4/c1-8-9(4-5-18-8)6-13-11(17)14-7-12(2,3)10(15)16/h8-9H,4-7H2,1-3H3,(H,15,16)(H2,13,14,17). The predicted octanol–water partition coefficient (Wildman–Crippen LogP) is 0.821. The van der Waals surface area contributed by atoms with Crippen LogP contribution in [0.25, 0.3) is 0 Å². The molecule has 1 aliphatic rings. The Morgan fingerprint density at radius 2 is 2.06 bits per heavy atom. The molecule has 0 aromatic rings. The minimum absolute atomic E-state index is 0.102. The molecule has 2 atom stereocenters. The fourth-order valence-corrected chi connectivity index (χ4v) is 1.71. The maximum absolute atomic E-state index is 11.5. The SMILES string of the molecule is CC1OCCC1CNC(=O)NCC(C)(C)C(=O)O. The van der Waals surface area contributed by atoms with Crippen molar-refractivity contribution in [1.82, 2.24) is 10.6 Å². The first kappa shape index (κ1) is 14.8. The molecule has 1 fully saturated rings. The highest BCUT2D eigenvalue weighted by atomic mass is 16.5. The van der Waals surface area contributed by atoms with Crippen LogP contribution in [0.2, 0.25) is 0 Å². The third kappa shape index (κ3) is 4.18. The molecule has 0 saturated carbocycles. The van der Waals surface area contributed by atoms with Crippen molar-refractivity contribution in [3.05, 3.63) is 0 Å². The van der Waals surface area contributed by atoms with Gasteiger partial charge in [-0.1, -0.05) is 0 Å². The van der Waals surface area contributed by atoms with E-state index in [-0.39, 0.29) is 18.7 Å². The summed E-state index contributed by atoms with van der Waals surface area (Å²) in [6.45, 7) is 6.53. The van der Waals surface area contributed by atoms with Gasteiger partial charge in [0.25, 0.3) is 0 Å². The monoisotopic (exact) mass is 258 g/mol. The number of carbonyl (C=O) groups is 2. The highest BCUT2D eigenvalue weighted by Crippen LogP contribution is 2.19. The van der Waals surface area contributed by atoms with Gasteiger partial charge in [-0.05, 0) is 27.2 Å². The number of hydrogen-bond donors (Lipinski definition) is 3. The van der Waals surface area contributed by atoms with E-state index in [0.717, 1.165) is 13.0 Å². The summed E-state index contributed by atoms with van der Waals surface area (Å²) in [5.41, 5.74) is -0.957. The summed E-state index contributed by atoms with van der Waals surface area (Å²) >= 11 is 0. The van der Waals surface area contributed by atoms with Crippen molar-refractivity contribution in [2.24, 2.45) is 11.3 Å². The van der Waals surface area contributed by atoms with E-state index in [2.05, 4.69) is 10.6 Å². The number of nitrogens with one attached hydrogen (secondary N) is 2. The summed E-state index contributed by atoms with van der Waals surface area (Å²) in [6, 6.07) is -0.330. The molecule has 2 amide bonds. The fourth-order valence-electron chi connectivity index (χ4n) is 1.71. The normalized spacial score (nSPS) is 23.7. The quantitative estimate of drug-likeness (QED) is 0.681. The van der Waals surface area contributed by atoms with Gasteiger partial charge in [0.2, 0.25) is 0 Å². The molecule has 0 spiro atoms. The summed E-state index contributed by atoms with van der Waals surface area (Å²) in [6.07, 6.45) is 1.11. The Morgan fingerprint density at radius 1 is 1.39 bits per heavy atom. The number of ether oxygens (including phenoxy) is 1. The number of urea groups is 1. The predicted molar refractivity (Wildman–Crippen MR) is 66.3 cm³/mol. The first-order chi connectivity index (χ1) is 8.33. The Hall–Kier alpha value is -1.30. The largest absolute Gasteiger partial charge is 0.481 e. The number of hydrogen-bond acceptors (Lipinski definition) is 3. The average molecular weight is 258 g/mol. The van der Waals surface area contributed by atoms with Crippen LogP contribution in [0.5, 0.6) is 0 Å². The minimum atomic E-state index is -0.957. The Labute approximate surface area is 107 Å². The van der Waals surface area contributed by atoms with Crippen molar-refractivity contribution >= 4 is 12.0 Å². The second-order valence-corrected chi connectivity index (χ2v) is 5.38. The molecule has 2 unspecified atom stereocenters. The fraction of sp³-hybridized carbons (Fsp3) is 0.833. The molecule has 0 aromatic carbocycles. The molecule has 1 aliphatic heterocycles. The number of carboxylic acid groups (broad SMARTS) is 1. The lowest BCUT2D eigenvalue weighted by atomic mass is 9.94. The zero-order valence-electron chi connectivity index (χ0n) is 11.2. The Morgan fingerprint density at radius 3 is 2.56 bits per heavy atom. The first-order valence-electron chi connectivity index (χ1n) is 6.19. The van der Waals surface area contributed by atoms with Crippen molar-refractivity contribution < 1.29 is 19.4 Å². The van der Waals surface area contributed by atoms with Crippen LogP contribution < -0.4 is 10.6 Å². The van der Waals surface area contributed by atoms with Crippen LogP contribution in [0.15, 0.2) is 0 Å². The molecule has 0 radical (unpaired) electrons. The van der Waals surface area contributed by atoms with E-state index in [9.17, 15) is 9.59 Å². The van der Waals surface area contributed by atoms with E-state index >= 15 is 0 Å². The first-order valence-corrected chi connectivity index (χ1v) is 6.19. The van der Waals surface area contributed by atoms with Crippen LogP contribution >= 0.6 is 0 Å². The maximum Gasteiger partial charge on any atom is 0.314 e. The Kier molecular flexibility index (Phi) is 4.95. The number of amides is 2. The van der Waals surface area contributed by atoms with Crippen LogP contribution in [0.3, 0.4) is 0 Å². The van der Waals surface area contributed by atoms with E-state index in [1.165, 1.54) is 0 Å². The molecular weight excluding hydrogens is 236 g/mol. The van der Waals surface area contributed by atoms with Crippen molar-refractivity contribution in [3.63, 3.8) is 0 Å². The van der Waals surface area contributed by atoms with Crippen LogP contribution in [0.1, 0.15) is 27.2 Å². The second-order valence-electron chi connectivity index (χ2n) is 5.38. The van der Waals surface area contributed by atoms with Crippen molar-refractivity contribution in [2.45, 2.75) is 33.3 Å².